The molecule has 6 nitrogen and oxygen atoms in total. The maximum absolute atomic E-state index is 13.8. The van der Waals surface area contributed by atoms with Crippen molar-refractivity contribution >= 4 is 5.82 Å². The molecule has 2 aromatic carbocycles. The third kappa shape index (κ3) is 4.25. The van der Waals surface area contributed by atoms with Gasteiger partial charge in [-0.25, -0.2) is 14.4 Å². The van der Waals surface area contributed by atoms with Gasteiger partial charge in [-0.05, 0) is 35.4 Å². The summed E-state index contributed by atoms with van der Waals surface area (Å²) in [6.45, 7) is 0.262. The van der Waals surface area contributed by atoms with Gasteiger partial charge in [-0.3, -0.25) is 4.68 Å². The molecule has 0 fully saturated rings. The van der Waals surface area contributed by atoms with Crippen molar-refractivity contribution in [3.63, 3.8) is 0 Å². The van der Waals surface area contributed by atoms with Gasteiger partial charge in [0.25, 0.3) is 0 Å². The molecule has 0 aliphatic heterocycles. The average Bonchev–Trinajstić information content (AvgIpc) is 3.22. The van der Waals surface area contributed by atoms with E-state index in [9.17, 15) is 17.6 Å². The van der Waals surface area contributed by atoms with Crippen molar-refractivity contribution in [3.05, 3.63) is 78.1 Å². The number of benzene rings is 2. The summed E-state index contributed by atoms with van der Waals surface area (Å²) in [6, 6.07) is 9.18. The van der Waals surface area contributed by atoms with Crippen LogP contribution in [0.15, 0.2) is 61.2 Å². The van der Waals surface area contributed by atoms with Crippen LogP contribution in [0.3, 0.4) is 0 Å². The highest BCUT2D eigenvalue weighted by atomic mass is 19.4. The summed E-state index contributed by atoms with van der Waals surface area (Å²) < 4.78 is 58.7. The molecule has 2 N–H and O–H groups in total. The number of hydrogen-bond donors (Lipinski definition) is 1. The van der Waals surface area contributed by atoms with E-state index in [0.717, 1.165) is 12.1 Å². The van der Waals surface area contributed by atoms with E-state index >= 15 is 0 Å². The van der Waals surface area contributed by atoms with Gasteiger partial charge in [0.15, 0.2) is 11.6 Å². The first kappa shape index (κ1) is 21.3. The Bertz CT molecular complexity index is 1250. The van der Waals surface area contributed by atoms with E-state index in [-0.39, 0.29) is 18.1 Å². The zero-order valence-electron chi connectivity index (χ0n) is 16.8. The second-order valence-electron chi connectivity index (χ2n) is 6.95. The van der Waals surface area contributed by atoms with E-state index in [2.05, 4.69) is 15.1 Å². The lowest BCUT2D eigenvalue weighted by Gasteiger charge is -2.11. The molecule has 0 atom stereocenters. The standard InChI is InChI=1S/C22H17F4N5O/c1-32-18-8-14(4-7-17(18)23)19-20(28-12-29-21(19)27)15-9-30-31(11-15)10-13-2-5-16(6-3-13)22(24,25)26/h2-9,11-12H,10H2,1H3,(H2,27,28,29). The molecule has 164 valence electrons. The van der Waals surface area contributed by atoms with Gasteiger partial charge >= 0.3 is 6.18 Å². The summed E-state index contributed by atoms with van der Waals surface area (Å²) in [5.74, 6) is -0.272. The van der Waals surface area contributed by atoms with Gasteiger partial charge in [0.05, 0.1) is 36.7 Å². The molecule has 0 amide bonds. The van der Waals surface area contributed by atoms with Crippen molar-refractivity contribution in [2.75, 3.05) is 12.8 Å². The van der Waals surface area contributed by atoms with Crippen LogP contribution in [-0.4, -0.2) is 26.9 Å². The first-order chi connectivity index (χ1) is 15.3. The van der Waals surface area contributed by atoms with Crippen LogP contribution >= 0.6 is 0 Å². The van der Waals surface area contributed by atoms with Crippen molar-refractivity contribution in [2.45, 2.75) is 12.7 Å². The molecule has 0 bridgehead atoms. The molecular formula is C22H17F4N5O. The van der Waals surface area contributed by atoms with Crippen molar-refractivity contribution < 1.29 is 22.3 Å². The van der Waals surface area contributed by atoms with E-state index in [1.807, 2.05) is 0 Å². The van der Waals surface area contributed by atoms with Gasteiger partial charge in [-0.15, -0.1) is 0 Å². The molecule has 0 aliphatic carbocycles. The summed E-state index contributed by atoms with van der Waals surface area (Å²) >= 11 is 0. The molecule has 2 heterocycles. The van der Waals surface area contributed by atoms with Gasteiger partial charge in [-0.2, -0.15) is 18.3 Å². The Hall–Kier alpha value is -3.95. The Balaban J connectivity index is 1.66. The van der Waals surface area contributed by atoms with Crippen LogP contribution in [0.1, 0.15) is 11.1 Å². The molecule has 0 saturated carbocycles. The van der Waals surface area contributed by atoms with Crippen molar-refractivity contribution in [2.24, 2.45) is 0 Å². The van der Waals surface area contributed by atoms with Crippen LogP contribution in [0.2, 0.25) is 0 Å². The molecule has 10 heteroatoms. The van der Waals surface area contributed by atoms with Gasteiger partial charge < -0.3 is 10.5 Å². The Morgan fingerprint density at radius 2 is 1.78 bits per heavy atom. The van der Waals surface area contributed by atoms with E-state index in [4.69, 9.17) is 10.5 Å². The highest BCUT2D eigenvalue weighted by molar-refractivity contribution is 5.87. The van der Waals surface area contributed by atoms with Crippen LogP contribution in [0.5, 0.6) is 5.75 Å². The van der Waals surface area contributed by atoms with E-state index in [0.29, 0.717) is 27.9 Å². The minimum atomic E-state index is -4.39. The second-order valence-corrected chi connectivity index (χ2v) is 6.95. The van der Waals surface area contributed by atoms with Crippen LogP contribution in [0.25, 0.3) is 22.4 Å². The molecule has 0 unspecified atom stereocenters. The van der Waals surface area contributed by atoms with Gasteiger partial charge in [0, 0.05) is 11.8 Å². The Morgan fingerprint density at radius 3 is 2.47 bits per heavy atom. The largest absolute Gasteiger partial charge is 0.494 e. The lowest BCUT2D eigenvalue weighted by molar-refractivity contribution is -0.137. The number of alkyl halides is 3. The van der Waals surface area contributed by atoms with Crippen LogP contribution in [-0.2, 0) is 12.7 Å². The fraction of sp³-hybridized carbons (Fsp3) is 0.136. The average molecular weight is 443 g/mol. The number of aromatic nitrogens is 4. The number of nitrogen functional groups attached to an aromatic ring is 1. The topological polar surface area (TPSA) is 78.8 Å². The molecule has 0 aliphatic rings. The van der Waals surface area contributed by atoms with Crippen LogP contribution in [0, 0.1) is 5.82 Å². The maximum atomic E-state index is 13.8. The number of nitrogens with two attached hydrogens (primary N) is 1. The smallest absolute Gasteiger partial charge is 0.416 e. The van der Waals surface area contributed by atoms with E-state index in [1.165, 1.54) is 37.7 Å². The number of methoxy groups -OCH3 is 1. The lowest BCUT2D eigenvalue weighted by atomic mass is 10.0. The fourth-order valence-corrected chi connectivity index (χ4v) is 3.28. The summed E-state index contributed by atoms with van der Waals surface area (Å²) in [4.78, 5) is 8.35. The van der Waals surface area contributed by atoms with Gasteiger partial charge in [-0.1, -0.05) is 18.2 Å². The monoisotopic (exact) mass is 443 g/mol. The molecule has 0 saturated heterocycles. The maximum Gasteiger partial charge on any atom is 0.416 e. The van der Waals surface area contributed by atoms with Crippen LogP contribution < -0.4 is 10.5 Å². The molecule has 0 radical (unpaired) electrons. The van der Waals surface area contributed by atoms with Crippen molar-refractivity contribution in [1.29, 1.82) is 0 Å². The molecule has 32 heavy (non-hydrogen) atoms. The minimum absolute atomic E-state index is 0.0506. The Morgan fingerprint density at radius 1 is 1.03 bits per heavy atom. The highest BCUT2D eigenvalue weighted by Gasteiger charge is 2.29. The predicted octanol–water partition coefficient (Wildman–Crippen LogP) is 4.80. The molecule has 0 spiro atoms. The fourth-order valence-electron chi connectivity index (χ4n) is 3.28. The number of anilines is 1. The SMILES string of the molecule is COc1cc(-c2c(N)ncnc2-c2cnn(Cc3ccc(C(F)(F)F)cc3)c2)ccc1F. The number of halogens is 4. The number of rotatable bonds is 5. The summed E-state index contributed by atoms with van der Waals surface area (Å²) in [6.07, 6.45) is 0.186. The summed E-state index contributed by atoms with van der Waals surface area (Å²) in [5, 5.41) is 4.28. The Kier molecular flexibility index (Phi) is 5.52. The molecule has 2 aromatic heterocycles. The number of nitrogens with zero attached hydrogens (tertiary/aromatic N) is 4. The summed E-state index contributed by atoms with van der Waals surface area (Å²) in [5.41, 5.74) is 8.18. The second kappa shape index (κ2) is 8.29. The van der Waals surface area contributed by atoms with Gasteiger partial charge in [0.2, 0.25) is 0 Å². The molecule has 4 rings (SSSR count). The predicted molar refractivity (Wildman–Crippen MR) is 110 cm³/mol. The quantitative estimate of drug-likeness (QED) is 0.448. The molecule has 4 aromatic rings. The van der Waals surface area contributed by atoms with E-state index in [1.54, 1.807) is 23.1 Å². The molecular weight excluding hydrogens is 426 g/mol. The van der Waals surface area contributed by atoms with Crippen molar-refractivity contribution in [1.82, 2.24) is 19.7 Å². The van der Waals surface area contributed by atoms with Crippen molar-refractivity contribution in [3.8, 4) is 28.1 Å². The highest BCUT2D eigenvalue weighted by Crippen LogP contribution is 2.36. The number of hydrogen-bond acceptors (Lipinski definition) is 5. The summed E-state index contributed by atoms with van der Waals surface area (Å²) in [7, 11) is 1.36. The number of ether oxygens (including phenoxy) is 1. The zero-order chi connectivity index (χ0) is 22.9. The van der Waals surface area contributed by atoms with Gasteiger partial charge in [0.1, 0.15) is 12.1 Å². The Labute approximate surface area is 180 Å². The minimum Gasteiger partial charge on any atom is -0.494 e. The normalized spacial score (nSPS) is 11.5. The zero-order valence-corrected chi connectivity index (χ0v) is 16.8. The third-order valence-corrected chi connectivity index (χ3v) is 4.85. The lowest BCUT2D eigenvalue weighted by Crippen LogP contribution is -2.05. The third-order valence-electron chi connectivity index (χ3n) is 4.85. The van der Waals surface area contributed by atoms with Crippen LogP contribution in [0.4, 0.5) is 23.4 Å². The first-order valence-corrected chi connectivity index (χ1v) is 9.39. The van der Waals surface area contributed by atoms with E-state index < -0.39 is 17.6 Å². The first-order valence-electron chi connectivity index (χ1n) is 9.39.